The standard InChI is InChI=1S/C22H15N/c1-2-8-17-15(6-1)7-5-10-18(17)16-12-13-20-19-9-3-4-11-21(19)23-22(20)14-16/h1-14,23H. The van der Waals surface area contributed by atoms with E-state index in [4.69, 9.17) is 0 Å². The zero-order chi connectivity index (χ0) is 15.2. The van der Waals surface area contributed by atoms with Crippen LogP contribution in [-0.2, 0) is 0 Å². The molecule has 0 radical (unpaired) electrons. The van der Waals surface area contributed by atoms with E-state index in [1.807, 2.05) is 0 Å². The molecule has 0 saturated heterocycles. The largest absolute Gasteiger partial charge is 0.354 e. The highest BCUT2D eigenvalue weighted by Gasteiger charge is 2.07. The molecule has 0 unspecified atom stereocenters. The maximum Gasteiger partial charge on any atom is 0.0471 e. The van der Waals surface area contributed by atoms with E-state index in [2.05, 4.69) is 89.9 Å². The van der Waals surface area contributed by atoms with Gasteiger partial charge in [-0.2, -0.15) is 0 Å². The third kappa shape index (κ3) is 1.87. The number of nitrogens with one attached hydrogen (secondary N) is 1. The lowest BCUT2D eigenvalue weighted by Crippen LogP contribution is -1.81. The molecule has 0 fully saturated rings. The van der Waals surface area contributed by atoms with Crippen molar-refractivity contribution in [1.82, 2.24) is 4.98 Å². The van der Waals surface area contributed by atoms with Crippen molar-refractivity contribution < 1.29 is 0 Å². The fourth-order valence-electron chi connectivity index (χ4n) is 3.50. The van der Waals surface area contributed by atoms with Crippen LogP contribution in [0.15, 0.2) is 84.9 Å². The average molecular weight is 293 g/mol. The van der Waals surface area contributed by atoms with Gasteiger partial charge >= 0.3 is 0 Å². The van der Waals surface area contributed by atoms with Crippen LogP contribution in [0.3, 0.4) is 0 Å². The first kappa shape index (κ1) is 12.5. The maximum atomic E-state index is 3.54. The molecule has 0 amide bonds. The quantitative estimate of drug-likeness (QED) is 0.382. The van der Waals surface area contributed by atoms with Gasteiger partial charge < -0.3 is 4.98 Å². The molecule has 5 aromatic rings. The smallest absolute Gasteiger partial charge is 0.0471 e. The Morgan fingerprint density at radius 2 is 1.26 bits per heavy atom. The van der Waals surface area contributed by atoms with Crippen LogP contribution >= 0.6 is 0 Å². The Morgan fingerprint density at radius 3 is 2.22 bits per heavy atom. The van der Waals surface area contributed by atoms with Crippen LogP contribution in [0.5, 0.6) is 0 Å². The highest BCUT2D eigenvalue weighted by molar-refractivity contribution is 6.09. The molecule has 23 heavy (non-hydrogen) atoms. The number of H-pyrrole nitrogens is 1. The molecule has 0 bridgehead atoms. The first-order valence-corrected chi connectivity index (χ1v) is 7.89. The molecule has 1 heteroatoms. The van der Waals surface area contributed by atoms with Crippen LogP contribution < -0.4 is 0 Å². The third-order valence-electron chi connectivity index (χ3n) is 4.61. The van der Waals surface area contributed by atoms with Crippen LogP contribution in [0.25, 0.3) is 43.7 Å². The summed E-state index contributed by atoms with van der Waals surface area (Å²) in [6, 6.07) is 30.2. The van der Waals surface area contributed by atoms with Gasteiger partial charge in [0, 0.05) is 21.8 Å². The van der Waals surface area contributed by atoms with Crippen LogP contribution in [-0.4, -0.2) is 4.98 Å². The molecule has 0 spiro atoms. The van der Waals surface area contributed by atoms with E-state index >= 15 is 0 Å². The molecule has 0 saturated carbocycles. The van der Waals surface area contributed by atoms with Gasteiger partial charge in [0.15, 0.2) is 0 Å². The van der Waals surface area contributed by atoms with E-state index in [1.165, 1.54) is 43.7 Å². The third-order valence-corrected chi connectivity index (χ3v) is 4.61. The monoisotopic (exact) mass is 293 g/mol. The Hall–Kier alpha value is -3.06. The topological polar surface area (TPSA) is 15.8 Å². The van der Waals surface area contributed by atoms with Gasteiger partial charge in [0.2, 0.25) is 0 Å². The normalized spacial score (nSPS) is 11.5. The number of aromatic nitrogens is 1. The first-order chi connectivity index (χ1) is 11.4. The summed E-state index contributed by atoms with van der Waals surface area (Å²) in [5.41, 5.74) is 4.92. The van der Waals surface area contributed by atoms with E-state index in [1.54, 1.807) is 0 Å². The van der Waals surface area contributed by atoms with Crippen molar-refractivity contribution in [3.05, 3.63) is 84.9 Å². The SMILES string of the molecule is c1ccc2c(-c3ccc4c(c3)[nH]c3ccccc34)cccc2c1. The summed E-state index contributed by atoms with van der Waals surface area (Å²) < 4.78 is 0. The van der Waals surface area contributed by atoms with Gasteiger partial charge in [0.05, 0.1) is 0 Å². The highest BCUT2D eigenvalue weighted by atomic mass is 14.7. The average Bonchev–Trinajstić information content (AvgIpc) is 2.99. The Morgan fingerprint density at radius 1 is 0.522 bits per heavy atom. The van der Waals surface area contributed by atoms with Crippen LogP contribution in [0, 0.1) is 0 Å². The van der Waals surface area contributed by atoms with Gasteiger partial charge in [-0.3, -0.25) is 0 Å². The molecule has 4 aromatic carbocycles. The van der Waals surface area contributed by atoms with E-state index in [0.29, 0.717) is 0 Å². The summed E-state index contributed by atoms with van der Waals surface area (Å²) in [4.78, 5) is 3.54. The second-order valence-corrected chi connectivity index (χ2v) is 5.96. The number of hydrogen-bond donors (Lipinski definition) is 1. The lowest BCUT2D eigenvalue weighted by molar-refractivity contribution is 1.54. The van der Waals surface area contributed by atoms with Gasteiger partial charge in [-0.25, -0.2) is 0 Å². The zero-order valence-electron chi connectivity index (χ0n) is 12.6. The molecule has 108 valence electrons. The van der Waals surface area contributed by atoms with E-state index < -0.39 is 0 Å². The molecule has 1 heterocycles. The number of rotatable bonds is 1. The summed E-state index contributed by atoms with van der Waals surface area (Å²) in [5.74, 6) is 0. The Labute approximate surface area is 134 Å². The summed E-state index contributed by atoms with van der Waals surface area (Å²) in [7, 11) is 0. The van der Waals surface area contributed by atoms with Crippen molar-refractivity contribution in [2.75, 3.05) is 0 Å². The molecule has 1 aromatic heterocycles. The minimum absolute atomic E-state index is 1.19. The lowest BCUT2D eigenvalue weighted by atomic mass is 9.97. The van der Waals surface area contributed by atoms with Gasteiger partial charge in [0.1, 0.15) is 0 Å². The van der Waals surface area contributed by atoms with Gasteiger partial charge in [-0.1, -0.05) is 72.8 Å². The Balaban J connectivity index is 1.81. The number of fused-ring (bicyclic) bond motifs is 4. The molecule has 0 atom stereocenters. The highest BCUT2D eigenvalue weighted by Crippen LogP contribution is 2.32. The molecule has 0 aliphatic rings. The molecule has 1 N–H and O–H groups in total. The first-order valence-electron chi connectivity index (χ1n) is 7.89. The molecular formula is C22H15N. The van der Waals surface area contributed by atoms with Crippen molar-refractivity contribution in [2.24, 2.45) is 0 Å². The molecule has 0 aliphatic heterocycles. The Kier molecular flexibility index (Phi) is 2.56. The van der Waals surface area contributed by atoms with Gasteiger partial charge in [0.25, 0.3) is 0 Å². The lowest BCUT2D eigenvalue weighted by Gasteiger charge is -2.07. The summed E-state index contributed by atoms with van der Waals surface area (Å²) in [6.07, 6.45) is 0. The number of hydrogen-bond acceptors (Lipinski definition) is 0. The summed E-state index contributed by atoms with van der Waals surface area (Å²) >= 11 is 0. The summed E-state index contributed by atoms with van der Waals surface area (Å²) in [5, 5.41) is 5.14. The fourth-order valence-corrected chi connectivity index (χ4v) is 3.50. The minimum atomic E-state index is 1.19. The van der Waals surface area contributed by atoms with Crippen molar-refractivity contribution in [3.8, 4) is 11.1 Å². The van der Waals surface area contributed by atoms with Crippen molar-refractivity contribution in [3.63, 3.8) is 0 Å². The van der Waals surface area contributed by atoms with Gasteiger partial charge in [-0.15, -0.1) is 0 Å². The van der Waals surface area contributed by atoms with Crippen molar-refractivity contribution >= 4 is 32.6 Å². The van der Waals surface area contributed by atoms with Crippen molar-refractivity contribution in [1.29, 1.82) is 0 Å². The van der Waals surface area contributed by atoms with Crippen LogP contribution in [0.4, 0.5) is 0 Å². The summed E-state index contributed by atoms with van der Waals surface area (Å²) in [6.45, 7) is 0. The van der Waals surface area contributed by atoms with E-state index in [0.717, 1.165) is 0 Å². The molecule has 0 aliphatic carbocycles. The van der Waals surface area contributed by atoms with Crippen LogP contribution in [0.1, 0.15) is 0 Å². The van der Waals surface area contributed by atoms with Gasteiger partial charge in [-0.05, 0) is 34.0 Å². The van der Waals surface area contributed by atoms with E-state index in [9.17, 15) is 0 Å². The minimum Gasteiger partial charge on any atom is -0.354 e. The predicted octanol–water partition coefficient (Wildman–Crippen LogP) is 6.14. The second-order valence-electron chi connectivity index (χ2n) is 5.96. The molecule has 1 nitrogen and oxygen atoms in total. The number of aromatic amines is 1. The van der Waals surface area contributed by atoms with Crippen LogP contribution in [0.2, 0.25) is 0 Å². The zero-order valence-corrected chi connectivity index (χ0v) is 12.6. The number of para-hydroxylation sites is 1. The molecule has 5 rings (SSSR count). The fraction of sp³-hybridized carbons (Fsp3) is 0. The van der Waals surface area contributed by atoms with E-state index in [-0.39, 0.29) is 0 Å². The molecular weight excluding hydrogens is 278 g/mol. The van der Waals surface area contributed by atoms with Crippen molar-refractivity contribution in [2.45, 2.75) is 0 Å². The number of benzene rings is 4. The maximum absolute atomic E-state index is 3.54. The predicted molar refractivity (Wildman–Crippen MR) is 98.7 cm³/mol. The second kappa shape index (κ2) is 4.72. The Bertz CT molecular complexity index is 1160.